The minimum atomic E-state index is -0.981. The zero-order valence-corrected chi connectivity index (χ0v) is 26.5. The number of anilines is 1. The molecule has 4 aromatic rings. The van der Waals surface area contributed by atoms with Gasteiger partial charge in [0.2, 0.25) is 5.13 Å². The monoisotopic (exact) mass is 645 g/mol. The number of benzene rings is 3. The van der Waals surface area contributed by atoms with Crippen molar-refractivity contribution in [3.05, 3.63) is 100 Å². The number of thioether (sulfide) groups is 1. The summed E-state index contributed by atoms with van der Waals surface area (Å²) >= 11 is 2.41. The summed E-state index contributed by atoms with van der Waals surface area (Å²) in [5, 5.41) is 20.3. The number of carbonyl (C=O) groups is 2. The van der Waals surface area contributed by atoms with Crippen molar-refractivity contribution in [3.8, 4) is 11.5 Å². The van der Waals surface area contributed by atoms with E-state index in [4.69, 9.17) is 9.47 Å². The highest BCUT2D eigenvalue weighted by atomic mass is 32.2. The van der Waals surface area contributed by atoms with Gasteiger partial charge in [-0.25, -0.2) is 4.39 Å². The van der Waals surface area contributed by atoms with Crippen molar-refractivity contribution in [3.63, 3.8) is 0 Å². The number of ether oxygens (including phenoxy) is 2. The Bertz CT molecular complexity index is 1770. The second kappa shape index (κ2) is 13.4. The lowest BCUT2D eigenvalue weighted by molar-refractivity contribution is -0.132. The van der Waals surface area contributed by atoms with E-state index in [1.807, 2.05) is 13.0 Å². The van der Waals surface area contributed by atoms with Crippen molar-refractivity contribution in [2.45, 2.75) is 61.8 Å². The van der Waals surface area contributed by atoms with Crippen LogP contribution in [0.2, 0.25) is 0 Å². The lowest BCUT2D eigenvalue weighted by Gasteiger charge is -2.23. The molecule has 2 aliphatic heterocycles. The van der Waals surface area contributed by atoms with E-state index >= 15 is 0 Å². The molecule has 45 heavy (non-hydrogen) atoms. The molecule has 0 spiro atoms. The molecule has 6 rings (SSSR count). The minimum Gasteiger partial charge on any atom is -0.507 e. The van der Waals surface area contributed by atoms with Gasteiger partial charge in [0.05, 0.1) is 18.2 Å². The number of aliphatic hydroxyl groups is 1. The Hall–Kier alpha value is -4.22. The van der Waals surface area contributed by atoms with Crippen molar-refractivity contribution in [1.29, 1.82) is 0 Å². The smallest absolute Gasteiger partial charge is 0.301 e. The van der Waals surface area contributed by atoms with Gasteiger partial charge < -0.3 is 14.6 Å². The topological polar surface area (TPSA) is 102 Å². The van der Waals surface area contributed by atoms with E-state index in [1.165, 1.54) is 22.7 Å². The summed E-state index contributed by atoms with van der Waals surface area (Å²) in [5.41, 5.74) is 2.38. The highest BCUT2D eigenvalue weighted by Crippen LogP contribution is 2.45. The van der Waals surface area contributed by atoms with E-state index in [0.29, 0.717) is 45.6 Å². The Morgan fingerprint density at radius 1 is 1.11 bits per heavy atom. The summed E-state index contributed by atoms with van der Waals surface area (Å²) in [5.74, 6) is -0.597. The molecule has 1 saturated heterocycles. The van der Waals surface area contributed by atoms with Crippen LogP contribution in [0.1, 0.15) is 61.4 Å². The summed E-state index contributed by atoms with van der Waals surface area (Å²) in [6, 6.07) is 18.0. The normalized spacial score (nSPS) is 18.7. The number of Topliss-reactive ketones (excluding diaryl/α,β-unsaturated/α-hetero) is 1. The Kier molecular flexibility index (Phi) is 9.18. The molecule has 2 atom stereocenters. The van der Waals surface area contributed by atoms with Crippen LogP contribution in [0.5, 0.6) is 11.5 Å². The van der Waals surface area contributed by atoms with Gasteiger partial charge in [0.25, 0.3) is 5.78 Å². The van der Waals surface area contributed by atoms with E-state index in [-0.39, 0.29) is 28.4 Å². The first-order chi connectivity index (χ1) is 21.8. The summed E-state index contributed by atoms with van der Waals surface area (Å²) in [6.45, 7) is 4.62. The molecule has 2 aliphatic rings. The average Bonchev–Trinajstić information content (AvgIpc) is 3.73. The van der Waals surface area contributed by atoms with E-state index < -0.39 is 17.7 Å². The molecule has 11 heteroatoms. The summed E-state index contributed by atoms with van der Waals surface area (Å²) in [6.07, 6.45) is 3.68. The number of nitrogens with zero attached hydrogens (tertiary/aromatic N) is 3. The first-order valence-corrected chi connectivity index (χ1v) is 16.7. The van der Waals surface area contributed by atoms with Crippen molar-refractivity contribution < 1.29 is 28.6 Å². The fraction of sp³-hybridized carbons (Fsp3) is 0.294. The molecule has 1 fully saturated rings. The zero-order valence-electron chi connectivity index (χ0n) is 24.9. The fourth-order valence-electron chi connectivity index (χ4n) is 5.50. The minimum absolute atomic E-state index is 0.00546. The highest BCUT2D eigenvalue weighted by Gasteiger charge is 2.48. The van der Waals surface area contributed by atoms with Crippen LogP contribution in [-0.2, 0) is 21.8 Å². The molecule has 1 amide bonds. The number of fused-ring (bicyclic) bond motifs is 1. The molecular formula is C34H32FN3O5S2. The molecule has 0 aliphatic carbocycles. The SMILES string of the molecule is CCCCCOc1cccc([C@@H]2C(=C(O)c3ccc4c(c3)C[C@H](C)O4)C(=O)C(=O)N2c2nnc(SCc3ccccc3F)s2)c1. The van der Waals surface area contributed by atoms with Crippen LogP contribution in [-0.4, -0.2) is 39.7 Å². The number of ketones is 1. The van der Waals surface area contributed by atoms with Gasteiger partial charge in [-0.3, -0.25) is 14.5 Å². The van der Waals surface area contributed by atoms with Gasteiger partial charge in [0, 0.05) is 17.7 Å². The van der Waals surface area contributed by atoms with Gasteiger partial charge in [-0.05, 0) is 66.4 Å². The number of rotatable bonds is 11. The molecule has 0 radical (unpaired) electrons. The Morgan fingerprint density at radius 3 is 2.78 bits per heavy atom. The van der Waals surface area contributed by atoms with Crippen LogP contribution in [0.25, 0.3) is 5.76 Å². The quantitative estimate of drug-likeness (QED) is 0.0447. The molecule has 1 aromatic heterocycles. The fourth-order valence-corrected chi connectivity index (χ4v) is 7.35. The standard InChI is InChI=1S/C34H32FN3O5S2/c1-3-4-7-15-42-25-11-8-10-21(18-25)29-28(30(39)22-13-14-27-24(17-22)16-20(2)43-27)31(40)32(41)38(29)33-36-37-34(45-33)44-19-23-9-5-6-12-26(23)35/h5-6,8-14,17-18,20,29,39H,3-4,7,15-16,19H2,1-2H3/t20-,29+/m0/s1. The predicted molar refractivity (Wildman–Crippen MR) is 172 cm³/mol. The van der Waals surface area contributed by atoms with Crippen molar-refractivity contribution in [1.82, 2.24) is 10.2 Å². The lowest BCUT2D eigenvalue weighted by Crippen LogP contribution is -2.29. The lowest BCUT2D eigenvalue weighted by atomic mass is 9.94. The van der Waals surface area contributed by atoms with Crippen LogP contribution >= 0.6 is 23.1 Å². The number of aromatic nitrogens is 2. The second-order valence-corrected chi connectivity index (χ2v) is 13.2. The molecule has 3 heterocycles. The van der Waals surface area contributed by atoms with Crippen molar-refractivity contribution in [2.24, 2.45) is 0 Å². The highest BCUT2D eigenvalue weighted by molar-refractivity contribution is 8.00. The van der Waals surface area contributed by atoms with Gasteiger partial charge in [0.1, 0.15) is 29.2 Å². The first kappa shape index (κ1) is 30.8. The number of amides is 1. The summed E-state index contributed by atoms with van der Waals surface area (Å²) in [4.78, 5) is 28.7. The molecular weight excluding hydrogens is 614 g/mol. The van der Waals surface area contributed by atoms with E-state index in [9.17, 15) is 19.1 Å². The maximum absolute atomic E-state index is 14.2. The van der Waals surface area contributed by atoms with Crippen LogP contribution in [0.15, 0.2) is 76.6 Å². The van der Waals surface area contributed by atoms with E-state index in [2.05, 4.69) is 17.1 Å². The van der Waals surface area contributed by atoms with Crippen molar-refractivity contribution in [2.75, 3.05) is 11.5 Å². The third-order valence-electron chi connectivity index (χ3n) is 7.72. The molecule has 0 saturated carbocycles. The van der Waals surface area contributed by atoms with E-state index in [0.717, 1.165) is 41.9 Å². The van der Waals surface area contributed by atoms with Crippen LogP contribution in [0, 0.1) is 5.82 Å². The predicted octanol–water partition coefficient (Wildman–Crippen LogP) is 7.49. The van der Waals surface area contributed by atoms with Gasteiger partial charge in [-0.15, -0.1) is 10.2 Å². The van der Waals surface area contributed by atoms with Gasteiger partial charge >= 0.3 is 5.91 Å². The molecule has 8 nitrogen and oxygen atoms in total. The molecule has 1 N–H and O–H groups in total. The summed E-state index contributed by atoms with van der Waals surface area (Å²) < 4.78 is 26.5. The summed E-state index contributed by atoms with van der Waals surface area (Å²) in [7, 11) is 0. The number of hydrogen-bond acceptors (Lipinski definition) is 9. The number of hydrogen-bond donors (Lipinski definition) is 1. The largest absolute Gasteiger partial charge is 0.507 e. The average molecular weight is 646 g/mol. The number of aliphatic hydroxyl groups excluding tert-OH is 1. The van der Waals surface area contributed by atoms with Crippen LogP contribution in [0.3, 0.4) is 0 Å². The second-order valence-electron chi connectivity index (χ2n) is 11.0. The molecule has 3 aromatic carbocycles. The molecule has 0 unspecified atom stereocenters. The number of unbranched alkanes of at least 4 members (excludes halogenated alkanes) is 2. The maximum Gasteiger partial charge on any atom is 0.301 e. The Morgan fingerprint density at radius 2 is 1.96 bits per heavy atom. The molecule has 232 valence electrons. The maximum atomic E-state index is 14.2. The Balaban J connectivity index is 1.38. The first-order valence-electron chi connectivity index (χ1n) is 14.9. The van der Waals surface area contributed by atoms with Crippen LogP contribution < -0.4 is 14.4 Å². The number of carbonyl (C=O) groups excluding carboxylic acids is 2. The van der Waals surface area contributed by atoms with Crippen molar-refractivity contribution >= 4 is 45.7 Å². The van der Waals surface area contributed by atoms with Crippen LogP contribution in [0.4, 0.5) is 9.52 Å². The number of halogens is 1. The van der Waals surface area contributed by atoms with E-state index in [1.54, 1.807) is 54.6 Å². The zero-order chi connectivity index (χ0) is 31.5. The third-order valence-corrected chi connectivity index (χ3v) is 9.82. The molecule has 0 bridgehead atoms. The van der Waals surface area contributed by atoms with Gasteiger partial charge in [0.15, 0.2) is 4.34 Å². The third kappa shape index (κ3) is 6.46. The van der Waals surface area contributed by atoms with Gasteiger partial charge in [-0.2, -0.15) is 0 Å². The van der Waals surface area contributed by atoms with Gasteiger partial charge in [-0.1, -0.05) is 73.2 Å². The Labute approximate surface area is 268 Å².